The third-order valence-electron chi connectivity index (χ3n) is 2.68. The molecule has 0 aliphatic heterocycles. The number of furan rings is 1. The molecule has 0 atom stereocenters. The maximum atomic E-state index is 11.0. The molecule has 0 saturated carbocycles. The molecule has 0 radical (unpaired) electrons. The van der Waals surface area contributed by atoms with Crippen molar-refractivity contribution >= 4 is 5.97 Å². The number of nitrogens with zero attached hydrogens (tertiary/aromatic N) is 2. The van der Waals surface area contributed by atoms with E-state index in [2.05, 4.69) is 9.89 Å². The summed E-state index contributed by atoms with van der Waals surface area (Å²) in [6, 6.07) is 5.43. The first-order chi connectivity index (χ1) is 9.19. The zero-order valence-electron chi connectivity index (χ0n) is 11.0. The van der Waals surface area contributed by atoms with E-state index in [9.17, 15) is 4.79 Å². The number of ether oxygens (including phenoxy) is 1. The highest BCUT2D eigenvalue weighted by atomic mass is 16.5. The van der Waals surface area contributed by atoms with Crippen LogP contribution in [0.4, 0.5) is 0 Å². The van der Waals surface area contributed by atoms with Crippen LogP contribution in [-0.4, -0.2) is 36.7 Å². The largest absolute Gasteiger partial charge is 0.469 e. The Kier molecular flexibility index (Phi) is 4.35. The molecule has 0 unspecified atom stereocenters. The number of aromatic nitrogens is 1. The van der Waals surface area contributed by atoms with Crippen molar-refractivity contribution in [3.05, 3.63) is 30.2 Å². The number of esters is 1. The second kappa shape index (κ2) is 6.19. The monoisotopic (exact) mass is 264 g/mol. The minimum Gasteiger partial charge on any atom is -0.469 e. The van der Waals surface area contributed by atoms with Crippen LogP contribution in [0.2, 0.25) is 0 Å². The summed E-state index contributed by atoms with van der Waals surface area (Å²) in [5, 5.41) is 3.97. The summed E-state index contributed by atoms with van der Waals surface area (Å²) in [7, 11) is 3.29. The molecule has 6 nitrogen and oxygen atoms in total. The number of rotatable bonds is 6. The summed E-state index contributed by atoms with van der Waals surface area (Å²) in [4.78, 5) is 13.0. The molecule has 0 N–H and O–H groups in total. The average molecular weight is 264 g/mol. The van der Waals surface area contributed by atoms with E-state index in [1.807, 2.05) is 24.1 Å². The van der Waals surface area contributed by atoms with Crippen molar-refractivity contribution in [1.82, 2.24) is 10.1 Å². The minimum absolute atomic E-state index is 0.219. The van der Waals surface area contributed by atoms with E-state index in [4.69, 9.17) is 8.94 Å². The Labute approximate surface area is 110 Å². The third kappa shape index (κ3) is 3.69. The van der Waals surface area contributed by atoms with Crippen LogP contribution in [0.3, 0.4) is 0 Å². The van der Waals surface area contributed by atoms with Gasteiger partial charge in [0.2, 0.25) is 5.76 Å². The van der Waals surface area contributed by atoms with Crippen LogP contribution in [0, 0.1) is 0 Å². The molecule has 2 aromatic rings. The topological polar surface area (TPSA) is 68.7 Å². The van der Waals surface area contributed by atoms with E-state index >= 15 is 0 Å². The minimum atomic E-state index is -0.219. The zero-order valence-corrected chi connectivity index (χ0v) is 11.0. The summed E-state index contributed by atoms with van der Waals surface area (Å²) in [6.45, 7) is 1.21. The van der Waals surface area contributed by atoms with Gasteiger partial charge in [0.15, 0.2) is 5.76 Å². The molecule has 0 amide bonds. The number of hydrogen-bond acceptors (Lipinski definition) is 6. The number of hydrogen-bond donors (Lipinski definition) is 0. The van der Waals surface area contributed by atoms with Gasteiger partial charge in [-0.15, -0.1) is 0 Å². The van der Waals surface area contributed by atoms with E-state index in [0.29, 0.717) is 31.0 Å². The van der Waals surface area contributed by atoms with E-state index in [1.54, 1.807) is 12.3 Å². The van der Waals surface area contributed by atoms with Gasteiger partial charge < -0.3 is 13.7 Å². The predicted octanol–water partition coefficient (Wildman–Crippen LogP) is 1.93. The van der Waals surface area contributed by atoms with Crippen molar-refractivity contribution in [3.63, 3.8) is 0 Å². The maximum Gasteiger partial charge on any atom is 0.306 e. The van der Waals surface area contributed by atoms with Crippen molar-refractivity contribution in [2.45, 2.75) is 13.0 Å². The fraction of sp³-hybridized carbons (Fsp3) is 0.385. The molecule has 0 aromatic carbocycles. The highest BCUT2D eigenvalue weighted by Gasteiger charge is 2.11. The highest BCUT2D eigenvalue weighted by molar-refractivity contribution is 5.69. The fourth-order valence-electron chi connectivity index (χ4n) is 1.66. The number of carbonyl (C=O) groups excluding carboxylic acids is 1. The Bertz CT molecular complexity index is 518. The van der Waals surface area contributed by atoms with Gasteiger partial charge in [-0.05, 0) is 19.2 Å². The molecule has 0 saturated heterocycles. The normalized spacial score (nSPS) is 10.9. The first kappa shape index (κ1) is 13.4. The SMILES string of the molecule is COC(=O)CCN(C)Cc1cc(-c2ccco2)on1. The summed E-state index contributed by atoms with van der Waals surface area (Å²) < 4.78 is 15.0. The van der Waals surface area contributed by atoms with Gasteiger partial charge >= 0.3 is 5.97 Å². The Balaban J connectivity index is 1.88. The van der Waals surface area contributed by atoms with Crippen molar-refractivity contribution in [3.8, 4) is 11.5 Å². The van der Waals surface area contributed by atoms with Crippen LogP contribution >= 0.6 is 0 Å². The van der Waals surface area contributed by atoms with E-state index in [0.717, 1.165) is 5.69 Å². The molecule has 2 heterocycles. The predicted molar refractivity (Wildman–Crippen MR) is 67.2 cm³/mol. The fourth-order valence-corrected chi connectivity index (χ4v) is 1.66. The van der Waals surface area contributed by atoms with E-state index in [-0.39, 0.29) is 5.97 Å². The Morgan fingerprint density at radius 1 is 1.47 bits per heavy atom. The lowest BCUT2D eigenvalue weighted by Crippen LogP contribution is -2.22. The van der Waals surface area contributed by atoms with Crippen molar-refractivity contribution in [1.29, 1.82) is 0 Å². The first-order valence-corrected chi connectivity index (χ1v) is 5.94. The van der Waals surface area contributed by atoms with Gasteiger partial charge in [0.1, 0.15) is 0 Å². The molecule has 102 valence electrons. The molecule has 19 heavy (non-hydrogen) atoms. The average Bonchev–Trinajstić information content (AvgIpc) is 3.06. The molecule has 2 rings (SSSR count). The second-order valence-corrected chi connectivity index (χ2v) is 4.22. The summed E-state index contributed by atoms with van der Waals surface area (Å²) in [6.07, 6.45) is 1.94. The molecule has 0 aliphatic rings. The van der Waals surface area contributed by atoms with Crippen molar-refractivity contribution in [2.24, 2.45) is 0 Å². The van der Waals surface area contributed by atoms with Crippen LogP contribution in [0.25, 0.3) is 11.5 Å². The molecule has 6 heteroatoms. The quantitative estimate of drug-likeness (QED) is 0.742. The molecule has 0 fully saturated rings. The number of carbonyl (C=O) groups is 1. The summed E-state index contributed by atoms with van der Waals surface area (Å²) >= 11 is 0. The van der Waals surface area contributed by atoms with Crippen molar-refractivity contribution < 1.29 is 18.5 Å². The zero-order chi connectivity index (χ0) is 13.7. The molecular formula is C13H16N2O4. The second-order valence-electron chi connectivity index (χ2n) is 4.22. The van der Waals surface area contributed by atoms with Gasteiger partial charge in [-0.25, -0.2) is 0 Å². The third-order valence-corrected chi connectivity index (χ3v) is 2.68. The molecule has 0 bridgehead atoms. The summed E-state index contributed by atoms with van der Waals surface area (Å²) in [5.41, 5.74) is 0.791. The molecule has 0 aliphatic carbocycles. The van der Waals surface area contributed by atoms with Crippen molar-refractivity contribution in [2.75, 3.05) is 20.7 Å². The smallest absolute Gasteiger partial charge is 0.306 e. The van der Waals surface area contributed by atoms with E-state index in [1.165, 1.54) is 7.11 Å². The number of methoxy groups -OCH3 is 1. The Morgan fingerprint density at radius 2 is 2.32 bits per heavy atom. The van der Waals surface area contributed by atoms with E-state index < -0.39 is 0 Å². The Hall–Kier alpha value is -2.08. The first-order valence-electron chi connectivity index (χ1n) is 5.94. The standard InChI is InChI=1S/C13H16N2O4/c1-15(6-5-13(16)17-2)9-10-8-12(19-14-10)11-4-3-7-18-11/h3-4,7-8H,5-6,9H2,1-2H3. The maximum absolute atomic E-state index is 11.0. The van der Waals surface area contributed by atoms with Crippen LogP contribution in [0.5, 0.6) is 0 Å². The van der Waals surface area contributed by atoms with Crippen LogP contribution in [-0.2, 0) is 16.1 Å². The van der Waals surface area contributed by atoms with Crippen LogP contribution < -0.4 is 0 Å². The Morgan fingerprint density at radius 3 is 3.00 bits per heavy atom. The van der Waals surface area contributed by atoms with Gasteiger partial charge in [0.25, 0.3) is 0 Å². The van der Waals surface area contributed by atoms with Gasteiger partial charge in [-0.2, -0.15) is 0 Å². The molecular weight excluding hydrogens is 248 g/mol. The highest BCUT2D eigenvalue weighted by Crippen LogP contribution is 2.20. The van der Waals surface area contributed by atoms with Crippen LogP contribution in [0.1, 0.15) is 12.1 Å². The van der Waals surface area contributed by atoms with Gasteiger partial charge in [-0.3, -0.25) is 9.69 Å². The van der Waals surface area contributed by atoms with Gasteiger partial charge in [0.05, 0.1) is 25.5 Å². The molecule has 0 spiro atoms. The van der Waals surface area contributed by atoms with Gasteiger partial charge in [0, 0.05) is 19.2 Å². The van der Waals surface area contributed by atoms with Gasteiger partial charge in [-0.1, -0.05) is 5.16 Å². The van der Waals surface area contributed by atoms with Crippen LogP contribution in [0.15, 0.2) is 33.4 Å². The molecule has 2 aromatic heterocycles. The lowest BCUT2D eigenvalue weighted by molar-refractivity contribution is -0.140. The lowest BCUT2D eigenvalue weighted by Gasteiger charge is -2.13. The lowest BCUT2D eigenvalue weighted by atomic mass is 10.3. The summed E-state index contributed by atoms with van der Waals surface area (Å²) in [5.74, 6) is 1.03.